The SMILES string of the molecule is CCCCCCCCOC(=O)Oc1c(Cl)cc(N)cc1C(=O)O. The third kappa shape index (κ3) is 6.78. The summed E-state index contributed by atoms with van der Waals surface area (Å²) in [6.07, 6.45) is 5.38. The molecule has 0 aliphatic rings. The van der Waals surface area contributed by atoms with Crippen LogP contribution in [0.3, 0.4) is 0 Å². The van der Waals surface area contributed by atoms with E-state index < -0.39 is 12.1 Å². The standard InChI is InChI=1S/C16H22ClNO5/c1-2-3-4-5-6-7-8-22-16(21)23-14-12(15(19)20)9-11(18)10-13(14)17/h9-10H,2-8,18H2,1H3,(H,19,20). The minimum Gasteiger partial charge on any atom is -0.478 e. The van der Waals surface area contributed by atoms with Crippen molar-refractivity contribution in [3.05, 3.63) is 22.7 Å². The molecule has 6 nitrogen and oxygen atoms in total. The van der Waals surface area contributed by atoms with Crippen LogP contribution in [0.4, 0.5) is 10.5 Å². The molecule has 128 valence electrons. The zero-order valence-electron chi connectivity index (χ0n) is 13.1. The highest BCUT2D eigenvalue weighted by molar-refractivity contribution is 6.33. The molecule has 0 spiro atoms. The summed E-state index contributed by atoms with van der Waals surface area (Å²) in [6, 6.07) is 2.48. The van der Waals surface area contributed by atoms with E-state index in [2.05, 4.69) is 6.92 Å². The molecule has 0 aliphatic carbocycles. The molecule has 0 amide bonds. The number of ether oxygens (including phenoxy) is 2. The van der Waals surface area contributed by atoms with E-state index in [0.717, 1.165) is 19.3 Å². The van der Waals surface area contributed by atoms with Crippen molar-refractivity contribution in [1.29, 1.82) is 0 Å². The van der Waals surface area contributed by atoms with E-state index in [9.17, 15) is 9.59 Å². The molecule has 0 atom stereocenters. The van der Waals surface area contributed by atoms with Gasteiger partial charge in [-0.3, -0.25) is 0 Å². The highest BCUT2D eigenvalue weighted by Crippen LogP contribution is 2.32. The second-order valence-electron chi connectivity index (χ2n) is 5.15. The topological polar surface area (TPSA) is 98.9 Å². The summed E-state index contributed by atoms with van der Waals surface area (Å²) in [4.78, 5) is 22.8. The van der Waals surface area contributed by atoms with Gasteiger partial charge in [0.2, 0.25) is 0 Å². The average molecular weight is 344 g/mol. The van der Waals surface area contributed by atoms with Gasteiger partial charge in [-0.05, 0) is 18.6 Å². The summed E-state index contributed by atoms with van der Waals surface area (Å²) in [5.41, 5.74) is 5.41. The Morgan fingerprint density at radius 3 is 2.48 bits per heavy atom. The number of carboxylic acid groups (broad SMARTS) is 1. The number of carbonyl (C=O) groups excluding carboxylic acids is 1. The lowest BCUT2D eigenvalue weighted by Crippen LogP contribution is -2.14. The Morgan fingerprint density at radius 1 is 1.17 bits per heavy atom. The summed E-state index contributed by atoms with van der Waals surface area (Å²) in [5, 5.41) is 9.04. The Bertz CT molecular complexity index is 548. The number of anilines is 1. The number of hydrogen-bond donors (Lipinski definition) is 2. The Morgan fingerprint density at radius 2 is 1.83 bits per heavy atom. The number of rotatable bonds is 9. The molecule has 7 heteroatoms. The van der Waals surface area contributed by atoms with E-state index in [4.69, 9.17) is 31.9 Å². The zero-order chi connectivity index (χ0) is 17.2. The normalized spacial score (nSPS) is 10.3. The van der Waals surface area contributed by atoms with E-state index in [-0.39, 0.29) is 28.6 Å². The van der Waals surface area contributed by atoms with Crippen LogP contribution in [-0.2, 0) is 4.74 Å². The lowest BCUT2D eigenvalue weighted by molar-refractivity contribution is 0.0689. The molecule has 0 saturated carbocycles. The quantitative estimate of drug-likeness (QED) is 0.296. The number of aromatic carboxylic acids is 1. The lowest BCUT2D eigenvalue weighted by Gasteiger charge is -2.10. The van der Waals surface area contributed by atoms with Crippen LogP contribution in [0.15, 0.2) is 12.1 Å². The van der Waals surface area contributed by atoms with Gasteiger partial charge in [0.15, 0.2) is 5.75 Å². The average Bonchev–Trinajstić information content (AvgIpc) is 2.48. The van der Waals surface area contributed by atoms with Crippen molar-refractivity contribution in [2.45, 2.75) is 45.4 Å². The first kappa shape index (κ1) is 19.1. The number of nitrogens with two attached hydrogens (primary N) is 1. The molecule has 1 rings (SSSR count). The number of hydrogen-bond acceptors (Lipinski definition) is 5. The van der Waals surface area contributed by atoms with Gasteiger partial charge in [-0.1, -0.05) is 50.6 Å². The van der Waals surface area contributed by atoms with Gasteiger partial charge in [0.05, 0.1) is 11.6 Å². The molecule has 0 saturated heterocycles. The van der Waals surface area contributed by atoms with E-state index in [1.807, 2.05) is 0 Å². The number of nitrogen functional groups attached to an aromatic ring is 1. The van der Waals surface area contributed by atoms with Gasteiger partial charge in [0.1, 0.15) is 5.56 Å². The number of carbonyl (C=O) groups is 2. The van der Waals surface area contributed by atoms with Crippen molar-refractivity contribution < 1.29 is 24.2 Å². The molecule has 0 fully saturated rings. The maximum Gasteiger partial charge on any atom is 0.513 e. The predicted octanol–water partition coefficient (Wildman–Crippen LogP) is 4.50. The maximum absolute atomic E-state index is 11.6. The Hall–Kier alpha value is -1.95. The summed E-state index contributed by atoms with van der Waals surface area (Å²) >= 11 is 5.88. The zero-order valence-corrected chi connectivity index (χ0v) is 13.9. The van der Waals surface area contributed by atoms with E-state index in [1.54, 1.807) is 0 Å². The monoisotopic (exact) mass is 343 g/mol. The molecule has 1 aromatic rings. The van der Waals surface area contributed by atoms with Gasteiger partial charge in [0.25, 0.3) is 0 Å². The summed E-state index contributed by atoms with van der Waals surface area (Å²) in [6.45, 7) is 2.37. The van der Waals surface area contributed by atoms with Crippen molar-refractivity contribution in [2.24, 2.45) is 0 Å². The summed E-state index contributed by atoms with van der Waals surface area (Å²) in [5.74, 6) is -1.56. The minimum absolute atomic E-state index is 0.0566. The van der Waals surface area contributed by atoms with E-state index >= 15 is 0 Å². The Labute approximate surface area is 140 Å². The fourth-order valence-electron chi connectivity index (χ4n) is 2.03. The predicted molar refractivity (Wildman–Crippen MR) is 88.2 cm³/mol. The number of benzene rings is 1. The van der Waals surface area contributed by atoms with Crippen LogP contribution in [0.25, 0.3) is 0 Å². The minimum atomic E-state index is -1.29. The van der Waals surface area contributed by atoms with Gasteiger partial charge in [-0.15, -0.1) is 0 Å². The molecule has 3 N–H and O–H groups in total. The molecule has 0 aliphatic heterocycles. The van der Waals surface area contributed by atoms with Gasteiger partial charge in [-0.2, -0.15) is 0 Å². The molecular formula is C16H22ClNO5. The van der Waals surface area contributed by atoms with E-state index in [1.165, 1.54) is 31.4 Å². The largest absolute Gasteiger partial charge is 0.513 e. The molecule has 0 unspecified atom stereocenters. The van der Waals surface area contributed by atoms with Crippen LogP contribution < -0.4 is 10.5 Å². The van der Waals surface area contributed by atoms with Crippen molar-refractivity contribution in [2.75, 3.05) is 12.3 Å². The first-order valence-electron chi connectivity index (χ1n) is 7.62. The van der Waals surface area contributed by atoms with Gasteiger partial charge < -0.3 is 20.3 Å². The fraction of sp³-hybridized carbons (Fsp3) is 0.500. The third-order valence-corrected chi connectivity index (χ3v) is 3.48. The number of carboxylic acids is 1. The Kier molecular flexibility index (Phi) is 8.26. The first-order valence-corrected chi connectivity index (χ1v) is 8.00. The van der Waals surface area contributed by atoms with Crippen molar-refractivity contribution >= 4 is 29.4 Å². The third-order valence-electron chi connectivity index (χ3n) is 3.20. The summed E-state index contributed by atoms with van der Waals surface area (Å²) < 4.78 is 9.84. The molecule has 0 aromatic heterocycles. The van der Waals surface area contributed by atoms with Gasteiger partial charge in [0, 0.05) is 5.69 Å². The lowest BCUT2D eigenvalue weighted by atomic mass is 10.1. The summed E-state index contributed by atoms with van der Waals surface area (Å²) in [7, 11) is 0. The highest BCUT2D eigenvalue weighted by atomic mass is 35.5. The van der Waals surface area contributed by atoms with Gasteiger partial charge in [-0.25, -0.2) is 9.59 Å². The van der Waals surface area contributed by atoms with Crippen LogP contribution in [0.2, 0.25) is 5.02 Å². The molecule has 0 heterocycles. The van der Waals surface area contributed by atoms with Crippen molar-refractivity contribution in [3.63, 3.8) is 0 Å². The fourth-order valence-corrected chi connectivity index (χ4v) is 2.29. The van der Waals surface area contributed by atoms with Crippen LogP contribution in [0.1, 0.15) is 55.8 Å². The van der Waals surface area contributed by atoms with Crippen LogP contribution >= 0.6 is 11.6 Å². The molecular weight excluding hydrogens is 322 g/mol. The second-order valence-corrected chi connectivity index (χ2v) is 5.56. The molecule has 23 heavy (non-hydrogen) atoms. The molecule has 0 radical (unpaired) electrons. The van der Waals surface area contributed by atoms with Gasteiger partial charge >= 0.3 is 12.1 Å². The van der Waals surface area contributed by atoms with Crippen LogP contribution in [0.5, 0.6) is 5.75 Å². The molecule has 1 aromatic carbocycles. The first-order chi connectivity index (χ1) is 11.0. The molecule has 0 bridgehead atoms. The maximum atomic E-state index is 11.6. The van der Waals surface area contributed by atoms with Crippen molar-refractivity contribution in [3.8, 4) is 5.75 Å². The second kappa shape index (κ2) is 9.94. The van der Waals surface area contributed by atoms with Crippen molar-refractivity contribution in [1.82, 2.24) is 0 Å². The number of unbranched alkanes of at least 4 members (excludes halogenated alkanes) is 5. The van der Waals surface area contributed by atoms with Crippen LogP contribution in [0, 0.1) is 0 Å². The highest BCUT2D eigenvalue weighted by Gasteiger charge is 2.19. The smallest absolute Gasteiger partial charge is 0.478 e. The van der Waals surface area contributed by atoms with Crippen LogP contribution in [-0.4, -0.2) is 23.8 Å². The number of halogens is 1. The Balaban J connectivity index is 2.47. The van der Waals surface area contributed by atoms with E-state index in [0.29, 0.717) is 0 Å².